The van der Waals surface area contributed by atoms with Crippen molar-refractivity contribution in [2.24, 2.45) is 0 Å². The highest BCUT2D eigenvalue weighted by Crippen LogP contribution is 2.24. The minimum absolute atomic E-state index is 0.276. The van der Waals surface area contributed by atoms with Crippen molar-refractivity contribution in [3.63, 3.8) is 0 Å². The van der Waals surface area contributed by atoms with Crippen molar-refractivity contribution in [2.45, 2.75) is 26.3 Å². The van der Waals surface area contributed by atoms with E-state index in [1.165, 1.54) is 11.3 Å². The second kappa shape index (κ2) is 6.15. The molecule has 6 nitrogen and oxygen atoms in total. The van der Waals surface area contributed by atoms with Crippen LogP contribution in [0.25, 0.3) is 5.65 Å². The molecule has 0 bridgehead atoms. The number of hydrogen-bond donors (Lipinski definition) is 2. The number of fused-ring (bicyclic) bond motifs is 1. The van der Waals surface area contributed by atoms with E-state index in [0.29, 0.717) is 17.6 Å². The van der Waals surface area contributed by atoms with Crippen LogP contribution in [0.15, 0.2) is 36.8 Å². The number of nitrogens with zero attached hydrogens (tertiary/aromatic N) is 3. The molecule has 0 aliphatic carbocycles. The number of rotatable bonds is 4. The maximum absolute atomic E-state index is 11.9. The van der Waals surface area contributed by atoms with Crippen LogP contribution < -0.4 is 10.6 Å². The first kappa shape index (κ1) is 14.5. The molecule has 0 aromatic carbocycles. The molecule has 0 unspecified atom stereocenters. The molecule has 3 aromatic heterocycles. The van der Waals surface area contributed by atoms with Crippen molar-refractivity contribution in [1.82, 2.24) is 19.7 Å². The van der Waals surface area contributed by atoms with Gasteiger partial charge in [-0.15, -0.1) is 11.3 Å². The highest BCUT2D eigenvalue weighted by Gasteiger charge is 2.09. The van der Waals surface area contributed by atoms with E-state index in [-0.39, 0.29) is 6.03 Å². The first-order valence-corrected chi connectivity index (χ1v) is 7.86. The topological polar surface area (TPSA) is 71.3 Å². The van der Waals surface area contributed by atoms with Gasteiger partial charge in [0.2, 0.25) is 0 Å². The van der Waals surface area contributed by atoms with Crippen LogP contribution in [0.1, 0.15) is 30.3 Å². The summed E-state index contributed by atoms with van der Waals surface area (Å²) in [5, 5.41) is 6.14. The van der Waals surface area contributed by atoms with Crippen molar-refractivity contribution in [1.29, 1.82) is 0 Å². The third kappa shape index (κ3) is 3.25. The van der Waals surface area contributed by atoms with Crippen LogP contribution in [0.4, 0.5) is 9.93 Å². The fourth-order valence-corrected chi connectivity index (χ4v) is 2.81. The van der Waals surface area contributed by atoms with E-state index in [4.69, 9.17) is 0 Å². The lowest BCUT2D eigenvalue weighted by molar-refractivity contribution is 0.251. The summed E-state index contributed by atoms with van der Waals surface area (Å²) in [5.74, 6) is 0.411. The number of anilines is 1. The fourth-order valence-electron chi connectivity index (χ4n) is 2.00. The smallest absolute Gasteiger partial charge is 0.321 e. The Morgan fingerprint density at radius 1 is 1.41 bits per heavy atom. The average molecular weight is 315 g/mol. The van der Waals surface area contributed by atoms with Crippen molar-refractivity contribution < 1.29 is 4.79 Å². The minimum atomic E-state index is -0.276. The van der Waals surface area contributed by atoms with Gasteiger partial charge in [-0.1, -0.05) is 19.9 Å². The Labute approximate surface area is 132 Å². The van der Waals surface area contributed by atoms with Gasteiger partial charge < -0.3 is 9.72 Å². The largest absolute Gasteiger partial charge is 0.332 e. The zero-order chi connectivity index (χ0) is 15.5. The van der Waals surface area contributed by atoms with Gasteiger partial charge in [-0.05, 0) is 18.1 Å². The van der Waals surface area contributed by atoms with Crippen molar-refractivity contribution in [3.8, 4) is 0 Å². The van der Waals surface area contributed by atoms with Gasteiger partial charge in [0.1, 0.15) is 5.65 Å². The van der Waals surface area contributed by atoms with Crippen molar-refractivity contribution in [2.75, 3.05) is 5.32 Å². The molecule has 114 valence electrons. The van der Waals surface area contributed by atoms with Crippen LogP contribution in [-0.4, -0.2) is 20.4 Å². The monoisotopic (exact) mass is 315 g/mol. The summed E-state index contributed by atoms with van der Waals surface area (Å²) in [5.41, 5.74) is 1.67. The highest BCUT2D eigenvalue weighted by molar-refractivity contribution is 7.15. The van der Waals surface area contributed by atoms with Gasteiger partial charge in [0.15, 0.2) is 5.13 Å². The Balaban J connectivity index is 1.57. The third-order valence-electron chi connectivity index (χ3n) is 3.16. The molecule has 0 atom stereocenters. The summed E-state index contributed by atoms with van der Waals surface area (Å²) in [4.78, 5) is 21.7. The van der Waals surface area contributed by atoms with E-state index in [2.05, 4.69) is 34.4 Å². The lowest BCUT2D eigenvalue weighted by Gasteiger charge is -2.03. The Kier molecular flexibility index (Phi) is 4.06. The summed E-state index contributed by atoms with van der Waals surface area (Å²) >= 11 is 1.49. The van der Waals surface area contributed by atoms with Gasteiger partial charge in [-0.2, -0.15) is 0 Å². The summed E-state index contributed by atoms with van der Waals surface area (Å²) < 4.78 is 1.92. The minimum Gasteiger partial charge on any atom is -0.332 e. The maximum atomic E-state index is 11.9. The summed E-state index contributed by atoms with van der Waals surface area (Å²) in [6.07, 6.45) is 5.62. The molecule has 7 heteroatoms. The van der Waals surface area contributed by atoms with E-state index in [9.17, 15) is 4.79 Å². The molecule has 2 N–H and O–H groups in total. The number of nitrogens with one attached hydrogen (secondary N) is 2. The van der Waals surface area contributed by atoms with E-state index in [1.807, 2.05) is 35.0 Å². The fraction of sp³-hybridized carbons (Fsp3) is 0.267. The second-order valence-corrected chi connectivity index (χ2v) is 6.29. The normalized spacial score (nSPS) is 11.0. The average Bonchev–Trinajstić information content (AvgIpc) is 3.11. The second-order valence-electron chi connectivity index (χ2n) is 5.23. The highest BCUT2D eigenvalue weighted by atomic mass is 32.1. The SMILES string of the molecule is CC(C)c1cnc(NC(=O)NCc2cn3ccccc3n2)s1. The van der Waals surface area contributed by atoms with Crippen LogP contribution in [-0.2, 0) is 6.54 Å². The van der Waals surface area contributed by atoms with Gasteiger partial charge in [-0.25, -0.2) is 14.8 Å². The van der Waals surface area contributed by atoms with Crippen molar-refractivity contribution in [3.05, 3.63) is 47.4 Å². The van der Waals surface area contributed by atoms with E-state index in [1.54, 1.807) is 6.20 Å². The lowest BCUT2D eigenvalue weighted by Crippen LogP contribution is -2.28. The number of thiazole rings is 1. The Morgan fingerprint density at radius 3 is 3.00 bits per heavy atom. The zero-order valence-electron chi connectivity index (χ0n) is 12.4. The van der Waals surface area contributed by atoms with Gasteiger partial charge >= 0.3 is 6.03 Å². The predicted octanol–water partition coefficient (Wildman–Crippen LogP) is 3.24. The number of imidazole rings is 1. The van der Waals surface area contributed by atoms with Crippen molar-refractivity contribution >= 4 is 28.1 Å². The number of urea groups is 1. The third-order valence-corrected chi connectivity index (χ3v) is 4.37. The Bertz CT molecular complexity index is 759. The van der Waals surface area contributed by atoms with Gasteiger partial charge in [-0.3, -0.25) is 5.32 Å². The molecule has 0 aliphatic heterocycles. The number of amides is 2. The molecule has 3 heterocycles. The molecule has 0 radical (unpaired) electrons. The summed E-state index contributed by atoms with van der Waals surface area (Å²) in [7, 11) is 0. The number of carbonyl (C=O) groups excluding carboxylic acids is 1. The first-order chi connectivity index (χ1) is 10.6. The van der Waals surface area contributed by atoms with E-state index < -0.39 is 0 Å². The van der Waals surface area contributed by atoms with Gasteiger partial charge in [0.05, 0.1) is 12.2 Å². The lowest BCUT2D eigenvalue weighted by atomic mass is 10.2. The zero-order valence-corrected chi connectivity index (χ0v) is 13.2. The molecule has 0 fully saturated rings. The van der Waals surface area contributed by atoms with Crippen LogP contribution in [0.2, 0.25) is 0 Å². The van der Waals surface area contributed by atoms with Gasteiger partial charge in [0.25, 0.3) is 0 Å². The molecular formula is C15H17N5OS. The Hall–Kier alpha value is -2.41. The maximum Gasteiger partial charge on any atom is 0.321 e. The predicted molar refractivity (Wildman–Crippen MR) is 87.3 cm³/mol. The molecule has 2 amide bonds. The van der Waals surface area contributed by atoms with E-state index >= 15 is 0 Å². The molecule has 0 aliphatic rings. The molecular weight excluding hydrogens is 298 g/mol. The molecule has 0 spiro atoms. The standard InChI is InChI=1S/C15H17N5OS/c1-10(2)12-8-17-15(22-12)19-14(21)16-7-11-9-20-6-4-3-5-13(20)18-11/h3-6,8-10H,7H2,1-2H3,(H2,16,17,19,21). The number of hydrogen-bond acceptors (Lipinski definition) is 4. The molecule has 0 saturated carbocycles. The van der Waals surface area contributed by atoms with Crippen LogP contribution >= 0.6 is 11.3 Å². The summed E-state index contributed by atoms with van der Waals surface area (Å²) in [6.45, 7) is 4.57. The van der Waals surface area contributed by atoms with E-state index in [0.717, 1.165) is 16.2 Å². The van der Waals surface area contributed by atoms with Crippen LogP contribution in [0, 0.1) is 0 Å². The number of aromatic nitrogens is 3. The molecule has 3 aromatic rings. The Morgan fingerprint density at radius 2 is 2.27 bits per heavy atom. The quantitative estimate of drug-likeness (QED) is 0.776. The van der Waals surface area contributed by atoms with Crippen LogP contribution in [0.5, 0.6) is 0 Å². The van der Waals surface area contributed by atoms with Gasteiger partial charge in [0, 0.05) is 23.5 Å². The number of pyridine rings is 1. The molecule has 0 saturated heterocycles. The molecule has 3 rings (SSSR count). The molecule has 22 heavy (non-hydrogen) atoms. The summed E-state index contributed by atoms with van der Waals surface area (Å²) in [6, 6.07) is 5.52. The van der Waals surface area contributed by atoms with Crippen LogP contribution in [0.3, 0.4) is 0 Å². The first-order valence-electron chi connectivity index (χ1n) is 7.05. The number of carbonyl (C=O) groups is 1.